The van der Waals surface area contributed by atoms with E-state index in [1.165, 1.54) is 0 Å². The first-order valence-corrected chi connectivity index (χ1v) is 10.6. The maximum Gasteiger partial charge on any atom is 0.216 e. The quantitative estimate of drug-likeness (QED) is 0.206. The number of hydrogen-bond donors (Lipinski definition) is 1. The largest absolute Gasteiger partial charge is 0.382 e. The van der Waals surface area contributed by atoms with Crippen molar-refractivity contribution in [3.63, 3.8) is 0 Å². The number of sulfonamides is 1. The first-order valence-electron chi connectivity index (χ1n) is 9.03. The van der Waals surface area contributed by atoms with E-state index in [2.05, 4.69) is 15.2 Å². The molecule has 0 aliphatic carbocycles. The van der Waals surface area contributed by atoms with E-state index < -0.39 is 10.0 Å². The lowest BCUT2D eigenvalue weighted by Crippen LogP contribution is -2.54. The van der Waals surface area contributed by atoms with Crippen LogP contribution in [0.3, 0.4) is 0 Å². The van der Waals surface area contributed by atoms with Gasteiger partial charge in [0.05, 0.1) is 18.5 Å². The van der Waals surface area contributed by atoms with Crippen LogP contribution in [0.5, 0.6) is 0 Å². The lowest BCUT2D eigenvalue weighted by molar-refractivity contribution is 0.0904. The van der Waals surface area contributed by atoms with Gasteiger partial charge in [0, 0.05) is 53.0 Å². The van der Waals surface area contributed by atoms with Gasteiger partial charge in [-0.25, -0.2) is 8.42 Å². The van der Waals surface area contributed by atoms with Crippen molar-refractivity contribution in [2.45, 2.75) is 33.3 Å². The third-order valence-corrected chi connectivity index (χ3v) is 5.72. The molecule has 0 bridgehead atoms. The molecule has 0 aromatic heterocycles. The van der Waals surface area contributed by atoms with E-state index in [1.807, 2.05) is 20.8 Å². The minimum atomic E-state index is -3.26. The highest BCUT2D eigenvalue weighted by Gasteiger charge is 2.27. The second kappa shape index (κ2) is 13.9. The molecule has 0 aromatic rings. The molecule has 8 nitrogen and oxygen atoms in total. The Labute approximate surface area is 175 Å². The van der Waals surface area contributed by atoms with E-state index in [-0.39, 0.29) is 42.4 Å². The molecule has 1 N–H and O–H groups in total. The van der Waals surface area contributed by atoms with Gasteiger partial charge in [0.1, 0.15) is 0 Å². The van der Waals surface area contributed by atoms with Gasteiger partial charge >= 0.3 is 0 Å². The molecule has 1 aliphatic rings. The van der Waals surface area contributed by atoms with Crippen LogP contribution in [0.4, 0.5) is 0 Å². The second-order valence-electron chi connectivity index (χ2n) is 6.15. The van der Waals surface area contributed by atoms with Crippen molar-refractivity contribution >= 4 is 40.0 Å². The van der Waals surface area contributed by atoms with E-state index in [4.69, 9.17) is 9.47 Å². The third-order valence-electron chi connectivity index (χ3n) is 3.89. The number of ether oxygens (including phenoxy) is 2. The van der Waals surface area contributed by atoms with Crippen LogP contribution in [0, 0.1) is 0 Å². The summed E-state index contributed by atoms with van der Waals surface area (Å²) in [6.45, 7) is 10.5. The van der Waals surface area contributed by atoms with Crippen LogP contribution in [-0.4, -0.2) is 95.0 Å². The zero-order valence-electron chi connectivity index (χ0n) is 16.4. The van der Waals surface area contributed by atoms with E-state index in [1.54, 1.807) is 11.4 Å². The van der Waals surface area contributed by atoms with E-state index in [0.717, 1.165) is 32.1 Å². The van der Waals surface area contributed by atoms with Gasteiger partial charge in [-0.3, -0.25) is 4.99 Å². The van der Waals surface area contributed by atoms with Crippen LogP contribution in [-0.2, 0) is 19.5 Å². The lowest BCUT2D eigenvalue weighted by Gasteiger charge is -2.35. The summed E-state index contributed by atoms with van der Waals surface area (Å²) in [4.78, 5) is 6.38. The number of rotatable bonds is 10. The van der Waals surface area contributed by atoms with Gasteiger partial charge in [0.15, 0.2) is 5.96 Å². The SMILES string of the molecule is CCOCCCNC(=NC)N1CCN(S(=O)(=O)CCOC(C)C)CC1.I. The molecule has 26 heavy (non-hydrogen) atoms. The van der Waals surface area contributed by atoms with Crippen LogP contribution in [0.2, 0.25) is 0 Å². The molecule has 0 aromatic carbocycles. The highest BCUT2D eigenvalue weighted by molar-refractivity contribution is 14.0. The molecule has 0 radical (unpaired) electrons. The average molecular weight is 506 g/mol. The van der Waals surface area contributed by atoms with E-state index in [0.29, 0.717) is 26.2 Å². The number of hydrogen-bond acceptors (Lipinski definition) is 5. The van der Waals surface area contributed by atoms with Crippen molar-refractivity contribution in [2.24, 2.45) is 4.99 Å². The number of nitrogens with one attached hydrogen (secondary N) is 1. The van der Waals surface area contributed by atoms with E-state index >= 15 is 0 Å². The van der Waals surface area contributed by atoms with Gasteiger partial charge in [-0.1, -0.05) is 0 Å². The molecule has 0 unspecified atom stereocenters. The topological polar surface area (TPSA) is 83.5 Å². The summed E-state index contributed by atoms with van der Waals surface area (Å²) in [5, 5.41) is 3.31. The maximum absolute atomic E-state index is 12.4. The molecule has 1 saturated heterocycles. The van der Waals surface area contributed by atoms with Gasteiger partial charge in [-0.15, -0.1) is 24.0 Å². The fourth-order valence-electron chi connectivity index (χ4n) is 2.55. The predicted molar refractivity (Wildman–Crippen MR) is 116 cm³/mol. The molecule has 0 spiro atoms. The number of guanidine groups is 1. The fourth-order valence-corrected chi connectivity index (χ4v) is 3.83. The Hall–Kier alpha value is -0.170. The summed E-state index contributed by atoms with van der Waals surface area (Å²) in [5.74, 6) is 0.854. The second-order valence-corrected chi connectivity index (χ2v) is 8.23. The normalized spacial score (nSPS) is 16.7. The zero-order chi connectivity index (χ0) is 18.7. The predicted octanol–water partition coefficient (Wildman–Crippen LogP) is 0.979. The smallest absolute Gasteiger partial charge is 0.216 e. The molecule has 1 heterocycles. The van der Waals surface area contributed by atoms with Crippen LogP contribution in [0.15, 0.2) is 4.99 Å². The summed E-state index contributed by atoms with van der Waals surface area (Å²) in [7, 11) is -1.51. The minimum absolute atomic E-state index is 0. The molecule has 1 aliphatic heterocycles. The Morgan fingerprint density at radius 2 is 1.85 bits per heavy atom. The molecule has 0 saturated carbocycles. The molecular formula is C16H35IN4O4S. The van der Waals surface area contributed by atoms with Crippen molar-refractivity contribution < 1.29 is 17.9 Å². The third kappa shape index (κ3) is 9.67. The van der Waals surface area contributed by atoms with Gasteiger partial charge in [0.25, 0.3) is 0 Å². The number of halogens is 1. The monoisotopic (exact) mass is 506 g/mol. The molecule has 10 heteroatoms. The number of piperazine rings is 1. The Morgan fingerprint density at radius 3 is 2.38 bits per heavy atom. The molecule has 0 atom stereocenters. The van der Waals surface area contributed by atoms with E-state index in [9.17, 15) is 8.42 Å². The number of nitrogens with zero attached hydrogens (tertiary/aromatic N) is 3. The summed E-state index contributed by atoms with van der Waals surface area (Å²) in [6.07, 6.45) is 0.959. The first-order chi connectivity index (χ1) is 11.9. The van der Waals surface area contributed by atoms with Crippen molar-refractivity contribution in [1.82, 2.24) is 14.5 Å². The standard InChI is InChI=1S/C16H34N4O4S.HI/c1-5-23-12-6-7-18-16(17-4)19-8-10-20(11-9-19)25(21,22)14-13-24-15(2)3;/h15H,5-14H2,1-4H3,(H,17,18);1H. The summed E-state index contributed by atoms with van der Waals surface area (Å²) < 4.78 is 36.9. The van der Waals surface area contributed by atoms with Crippen LogP contribution in [0.25, 0.3) is 0 Å². The lowest BCUT2D eigenvalue weighted by atomic mass is 10.4. The summed E-state index contributed by atoms with van der Waals surface area (Å²) in [6, 6.07) is 0. The Kier molecular flexibility index (Phi) is 13.8. The first kappa shape index (κ1) is 25.8. The average Bonchev–Trinajstić information content (AvgIpc) is 2.58. The van der Waals surface area contributed by atoms with Crippen molar-refractivity contribution in [1.29, 1.82) is 0 Å². The zero-order valence-corrected chi connectivity index (χ0v) is 19.6. The molecule has 1 rings (SSSR count). The Balaban J connectivity index is 0.00000625. The summed E-state index contributed by atoms with van der Waals surface area (Å²) >= 11 is 0. The minimum Gasteiger partial charge on any atom is -0.382 e. The Morgan fingerprint density at radius 1 is 1.19 bits per heavy atom. The number of aliphatic imine (C=N–C) groups is 1. The molecule has 0 amide bonds. The van der Waals surface area contributed by atoms with Crippen molar-refractivity contribution in [3.8, 4) is 0 Å². The van der Waals surface area contributed by atoms with Crippen LogP contribution >= 0.6 is 24.0 Å². The van der Waals surface area contributed by atoms with Crippen molar-refractivity contribution in [2.75, 3.05) is 65.3 Å². The fraction of sp³-hybridized carbons (Fsp3) is 0.938. The van der Waals surface area contributed by atoms with Crippen LogP contribution in [0.1, 0.15) is 27.2 Å². The molecular weight excluding hydrogens is 471 g/mol. The van der Waals surface area contributed by atoms with Crippen molar-refractivity contribution in [3.05, 3.63) is 0 Å². The van der Waals surface area contributed by atoms with Gasteiger partial charge in [0.2, 0.25) is 10.0 Å². The highest BCUT2D eigenvalue weighted by Crippen LogP contribution is 2.09. The van der Waals surface area contributed by atoms with Gasteiger partial charge in [-0.2, -0.15) is 4.31 Å². The molecule has 1 fully saturated rings. The van der Waals surface area contributed by atoms with Gasteiger partial charge < -0.3 is 19.7 Å². The van der Waals surface area contributed by atoms with Gasteiger partial charge in [-0.05, 0) is 27.2 Å². The summed E-state index contributed by atoms with van der Waals surface area (Å²) in [5.41, 5.74) is 0. The van der Waals surface area contributed by atoms with Crippen LogP contribution < -0.4 is 5.32 Å². The maximum atomic E-state index is 12.4. The molecule has 156 valence electrons. The highest BCUT2D eigenvalue weighted by atomic mass is 127. The Bertz CT molecular complexity index is 494.